The lowest BCUT2D eigenvalue weighted by Gasteiger charge is -2.55. The molecule has 1 saturated carbocycles. The van der Waals surface area contributed by atoms with Crippen molar-refractivity contribution in [3.63, 3.8) is 0 Å². The number of hydrogen-bond donors (Lipinski definition) is 1. The first-order valence-corrected chi connectivity index (χ1v) is 7.37. The molecule has 1 saturated heterocycles. The summed E-state index contributed by atoms with van der Waals surface area (Å²) in [6.45, 7) is 11.3. The zero-order valence-corrected chi connectivity index (χ0v) is 12.9. The third-order valence-electron chi connectivity index (χ3n) is 5.08. The number of rotatable bonds is 5. The van der Waals surface area contributed by atoms with Crippen LogP contribution in [0, 0.1) is 17.3 Å². The normalized spacial score (nSPS) is 35.7. The van der Waals surface area contributed by atoms with Gasteiger partial charge in [0, 0.05) is 36.6 Å². The fraction of sp³-hybridized carbons (Fsp3) is 1.00. The van der Waals surface area contributed by atoms with Crippen LogP contribution in [0.2, 0.25) is 0 Å². The third kappa shape index (κ3) is 2.33. The van der Waals surface area contributed by atoms with Crippen LogP contribution < -0.4 is 5.32 Å². The van der Waals surface area contributed by atoms with E-state index >= 15 is 0 Å². The highest BCUT2D eigenvalue weighted by Crippen LogP contribution is 2.52. The van der Waals surface area contributed by atoms with Gasteiger partial charge in [-0.2, -0.15) is 0 Å². The van der Waals surface area contributed by atoms with Crippen LogP contribution in [0.4, 0.5) is 0 Å². The van der Waals surface area contributed by atoms with Crippen molar-refractivity contribution in [2.24, 2.45) is 17.3 Å². The Morgan fingerprint density at radius 3 is 2.56 bits per heavy atom. The summed E-state index contributed by atoms with van der Waals surface area (Å²) in [7, 11) is 4.36. The van der Waals surface area contributed by atoms with Crippen LogP contribution >= 0.6 is 0 Å². The van der Waals surface area contributed by atoms with Crippen molar-refractivity contribution in [1.82, 2.24) is 10.2 Å². The second-order valence-electron chi connectivity index (χ2n) is 7.23. The van der Waals surface area contributed by atoms with Crippen LogP contribution in [0.1, 0.15) is 34.1 Å². The molecule has 2 rings (SSSR count). The molecule has 1 aliphatic heterocycles. The van der Waals surface area contributed by atoms with E-state index in [9.17, 15) is 0 Å². The summed E-state index contributed by atoms with van der Waals surface area (Å²) in [4.78, 5) is 2.34. The van der Waals surface area contributed by atoms with Crippen LogP contribution in [-0.4, -0.2) is 50.3 Å². The molecule has 0 radical (unpaired) electrons. The van der Waals surface area contributed by atoms with Gasteiger partial charge in [0.2, 0.25) is 0 Å². The van der Waals surface area contributed by atoms with Crippen LogP contribution in [-0.2, 0) is 4.74 Å². The summed E-state index contributed by atoms with van der Waals surface area (Å²) in [5.74, 6) is 1.43. The fourth-order valence-corrected chi connectivity index (χ4v) is 4.00. The molecule has 0 amide bonds. The topological polar surface area (TPSA) is 24.5 Å². The molecule has 0 aromatic heterocycles. The molecule has 2 aliphatic rings. The van der Waals surface area contributed by atoms with Crippen LogP contribution in [0.3, 0.4) is 0 Å². The van der Waals surface area contributed by atoms with Gasteiger partial charge in [0.15, 0.2) is 0 Å². The van der Waals surface area contributed by atoms with E-state index in [1.807, 2.05) is 0 Å². The zero-order valence-electron chi connectivity index (χ0n) is 12.9. The number of hydrogen-bond acceptors (Lipinski definition) is 3. The van der Waals surface area contributed by atoms with E-state index in [0.717, 1.165) is 19.1 Å². The Morgan fingerprint density at radius 1 is 1.33 bits per heavy atom. The molecule has 1 aliphatic carbocycles. The van der Waals surface area contributed by atoms with Crippen molar-refractivity contribution in [2.45, 2.75) is 52.3 Å². The minimum atomic E-state index is 0.301. The Kier molecular flexibility index (Phi) is 4.05. The summed E-state index contributed by atoms with van der Waals surface area (Å²) in [5.41, 5.74) is 0.301. The van der Waals surface area contributed by atoms with Crippen molar-refractivity contribution >= 4 is 0 Å². The summed E-state index contributed by atoms with van der Waals surface area (Å²) in [5, 5.41) is 3.82. The van der Waals surface area contributed by atoms with Crippen molar-refractivity contribution in [3.8, 4) is 0 Å². The molecule has 4 atom stereocenters. The Hall–Kier alpha value is -0.120. The molecule has 0 aromatic carbocycles. The van der Waals surface area contributed by atoms with Crippen molar-refractivity contribution in [2.75, 3.05) is 27.2 Å². The van der Waals surface area contributed by atoms with Gasteiger partial charge in [0.1, 0.15) is 0 Å². The van der Waals surface area contributed by atoms with E-state index in [1.165, 1.54) is 6.42 Å². The van der Waals surface area contributed by atoms with Gasteiger partial charge >= 0.3 is 0 Å². The minimum absolute atomic E-state index is 0.301. The second kappa shape index (κ2) is 5.10. The van der Waals surface area contributed by atoms with Gasteiger partial charge in [0.05, 0.1) is 6.10 Å². The first kappa shape index (κ1) is 14.3. The highest BCUT2D eigenvalue weighted by molar-refractivity contribution is 5.11. The van der Waals surface area contributed by atoms with E-state index in [2.05, 4.69) is 52.0 Å². The maximum atomic E-state index is 5.85. The molecule has 0 aromatic rings. The smallest absolute Gasteiger partial charge is 0.0685 e. The summed E-state index contributed by atoms with van der Waals surface area (Å²) in [6.07, 6.45) is 1.73. The molecular weight excluding hydrogens is 224 g/mol. The largest absolute Gasteiger partial charge is 0.377 e. The number of nitrogens with one attached hydrogen (secondary N) is 1. The molecule has 0 spiro atoms. The first-order chi connectivity index (χ1) is 8.35. The summed E-state index contributed by atoms with van der Waals surface area (Å²) in [6, 6.07) is 1.24. The van der Waals surface area contributed by atoms with Crippen LogP contribution in [0.25, 0.3) is 0 Å². The standard InChI is InChI=1S/C15H30N2O/c1-10(2)12(17(5)6)9-16-13-11-7-8-18-14(11)15(13,3)4/h10-14,16H,7-9H2,1-6H3. The SMILES string of the molecule is CC(C)C(CNC1C2CCOC2C1(C)C)N(C)C. The Balaban J connectivity index is 1.90. The molecule has 0 bridgehead atoms. The average molecular weight is 254 g/mol. The van der Waals surface area contributed by atoms with Gasteiger partial charge in [0.25, 0.3) is 0 Å². The first-order valence-electron chi connectivity index (χ1n) is 7.37. The second-order valence-corrected chi connectivity index (χ2v) is 7.23. The van der Waals surface area contributed by atoms with Gasteiger partial charge in [-0.15, -0.1) is 0 Å². The Bertz CT molecular complexity index is 280. The lowest BCUT2D eigenvalue weighted by molar-refractivity contribution is -0.113. The molecule has 4 unspecified atom stereocenters. The highest BCUT2D eigenvalue weighted by Gasteiger charge is 2.59. The predicted octanol–water partition coefficient (Wildman–Crippen LogP) is 1.98. The number of likely N-dealkylation sites (N-methyl/N-ethyl adjacent to an activating group) is 1. The monoisotopic (exact) mass is 254 g/mol. The van der Waals surface area contributed by atoms with Gasteiger partial charge in [-0.3, -0.25) is 0 Å². The maximum Gasteiger partial charge on any atom is 0.0685 e. The Morgan fingerprint density at radius 2 is 2.00 bits per heavy atom. The number of ether oxygens (including phenoxy) is 1. The van der Waals surface area contributed by atoms with E-state index < -0.39 is 0 Å². The summed E-state index contributed by atoms with van der Waals surface area (Å²) < 4.78 is 5.85. The molecule has 18 heavy (non-hydrogen) atoms. The van der Waals surface area contributed by atoms with E-state index in [-0.39, 0.29) is 0 Å². The van der Waals surface area contributed by atoms with Gasteiger partial charge < -0.3 is 15.0 Å². The van der Waals surface area contributed by atoms with Crippen molar-refractivity contribution < 1.29 is 4.74 Å². The van der Waals surface area contributed by atoms with E-state index in [0.29, 0.717) is 29.5 Å². The van der Waals surface area contributed by atoms with E-state index in [1.54, 1.807) is 0 Å². The number of nitrogens with zero attached hydrogens (tertiary/aromatic N) is 1. The predicted molar refractivity (Wildman–Crippen MR) is 75.7 cm³/mol. The van der Waals surface area contributed by atoms with E-state index in [4.69, 9.17) is 4.74 Å². The molecule has 106 valence electrons. The van der Waals surface area contributed by atoms with Gasteiger partial charge in [-0.25, -0.2) is 0 Å². The minimum Gasteiger partial charge on any atom is -0.377 e. The average Bonchev–Trinajstić information content (AvgIpc) is 2.69. The van der Waals surface area contributed by atoms with Crippen LogP contribution in [0.5, 0.6) is 0 Å². The highest BCUT2D eigenvalue weighted by atomic mass is 16.5. The van der Waals surface area contributed by atoms with Crippen molar-refractivity contribution in [3.05, 3.63) is 0 Å². The zero-order chi connectivity index (χ0) is 13.5. The lowest BCUT2D eigenvalue weighted by Crippen LogP contribution is -2.67. The van der Waals surface area contributed by atoms with Gasteiger partial charge in [-0.1, -0.05) is 27.7 Å². The molecular formula is C15H30N2O. The summed E-state index contributed by atoms with van der Waals surface area (Å²) >= 11 is 0. The quantitative estimate of drug-likeness (QED) is 0.812. The lowest BCUT2D eigenvalue weighted by atomic mass is 9.57. The third-order valence-corrected chi connectivity index (χ3v) is 5.08. The fourth-order valence-electron chi connectivity index (χ4n) is 4.00. The van der Waals surface area contributed by atoms with Gasteiger partial charge in [-0.05, 0) is 26.4 Å². The Labute approximate surface area is 112 Å². The van der Waals surface area contributed by atoms with Crippen LogP contribution in [0.15, 0.2) is 0 Å². The molecule has 3 nitrogen and oxygen atoms in total. The molecule has 1 heterocycles. The molecule has 3 heteroatoms. The maximum absolute atomic E-state index is 5.85. The molecule has 1 N–H and O–H groups in total. The van der Waals surface area contributed by atoms with Crippen molar-refractivity contribution in [1.29, 1.82) is 0 Å². The number of fused-ring (bicyclic) bond motifs is 1. The molecule has 2 fully saturated rings.